The van der Waals surface area contributed by atoms with Gasteiger partial charge in [-0.05, 0) is 40.9 Å². The Morgan fingerprint density at radius 1 is 1.43 bits per heavy atom. The summed E-state index contributed by atoms with van der Waals surface area (Å²) in [5.74, 6) is 0.302. The molecule has 0 saturated heterocycles. The maximum Gasteiger partial charge on any atom is 0.232 e. The molecule has 0 bridgehead atoms. The number of ether oxygens (including phenoxy) is 1. The average molecular weight is 385 g/mol. The van der Waals surface area contributed by atoms with Crippen molar-refractivity contribution >= 4 is 21.9 Å². The van der Waals surface area contributed by atoms with Gasteiger partial charge >= 0.3 is 0 Å². The highest BCUT2D eigenvalue weighted by Gasteiger charge is 2.48. The number of alkyl halides is 1. The van der Waals surface area contributed by atoms with Gasteiger partial charge in [0, 0.05) is 18.2 Å². The van der Waals surface area contributed by atoms with Crippen LogP contribution in [0.5, 0.6) is 5.88 Å². The molecule has 1 saturated carbocycles. The lowest BCUT2D eigenvalue weighted by Gasteiger charge is -2.43. The third-order valence-corrected chi connectivity index (χ3v) is 4.52. The van der Waals surface area contributed by atoms with Crippen molar-refractivity contribution in [3.63, 3.8) is 0 Å². The Labute approximate surface area is 140 Å². The van der Waals surface area contributed by atoms with Gasteiger partial charge in [0.1, 0.15) is 12.0 Å². The molecule has 1 aliphatic carbocycles. The van der Waals surface area contributed by atoms with E-state index in [1.165, 1.54) is 25.4 Å². The summed E-state index contributed by atoms with van der Waals surface area (Å²) in [5, 5.41) is 3.04. The first-order valence-electron chi connectivity index (χ1n) is 7.09. The van der Waals surface area contributed by atoms with E-state index in [9.17, 15) is 8.78 Å². The fourth-order valence-electron chi connectivity index (χ4n) is 2.81. The van der Waals surface area contributed by atoms with Gasteiger partial charge in [-0.1, -0.05) is 0 Å². The number of nitrogens with zero attached hydrogens (tertiary/aromatic N) is 3. The van der Waals surface area contributed by atoms with E-state index in [1.807, 2.05) is 0 Å². The van der Waals surface area contributed by atoms with Gasteiger partial charge in [0.05, 0.1) is 23.5 Å². The van der Waals surface area contributed by atoms with E-state index in [0.29, 0.717) is 22.8 Å². The van der Waals surface area contributed by atoms with Crippen LogP contribution in [0.1, 0.15) is 18.5 Å². The first-order valence-corrected chi connectivity index (χ1v) is 7.89. The molecular formula is C15H15BrF2N4O. The lowest BCUT2D eigenvalue weighted by molar-refractivity contribution is 0.0963. The summed E-state index contributed by atoms with van der Waals surface area (Å²) in [6.07, 6.45) is 2.58. The van der Waals surface area contributed by atoms with E-state index in [1.54, 1.807) is 6.20 Å². The van der Waals surface area contributed by atoms with E-state index in [0.717, 1.165) is 0 Å². The molecule has 0 unspecified atom stereocenters. The minimum atomic E-state index is -0.946. The number of methoxy groups -OCH3 is 1. The average Bonchev–Trinajstić information content (AvgIpc) is 2.52. The molecule has 0 amide bonds. The van der Waals surface area contributed by atoms with Crippen molar-refractivity contribution in [3.8, 4) is 5.88 Å². The van der Waals surface area contributed by atoms with Crippen LogP contribution >= 0.6 is 15.9 Å². The van der Waals surface area contributed by atoms with Gasteiger partial charge in [0.25, 0.3) is 0 Å². The number of halogens is 3. The molecule has 0 spiro atoms. The number of aromatic nitrogens is 3. The molecule has 0 aromatic carbocycles. The molecule has 1 N–H and O–H groups in total. The molecule has 1 aliphatic rings. The predicted molar refractivity (Wildman–Crippen MR) is 84.8 cm³/mol. The van der Waals surface area contributed by atoms with Gasteiger partial charge in [-0.2, -0.15) is 4.98 Å². The lowest BCUT2D eigenvalue weighted by Crippen LogP contribution is -2.49. The zero-order chi connectivity index (χ0) is 16.4. The minimum Gasteiger partial charge on any atom is -0.480 e. The molecule has 0 atom stereocenters. The summed E-state index contributed by atoms with van der Waals surface area (Å²) in [4.78, 5) is 12.4. The molecule has 23 heavy (non-hydrogen) atoms. The van der Waals surface area contributed by atoms with Crippen molar-refractivity contribution in [1.82, 2.24) is 15.0 Å². The van der Waals surface area contributed by atoms with E-state index >= 15 is 0 Å². The highest BCUT2D eigenvalue weighted by molar-refractivity contribution is 9.10. The number of hydrogen-bond acceptors (Lipinski definition) is 5. The Kier molecular flexibility index (Phi) is 4.43. The molecule has 1 fully saturated rings. The predicted octanol–water partition coefficient (Wildman–Crippen LogP) is 3.26. The second kappa shape index (κ2) is 6.35. The van der Waals surface area contributed by atoms with Gasteiger partial charge < -0.3 is 10.1 Å². The fraction of sp³-hybridized carbons (Fsp3) is 0.400. The number of anilines is 1. The summed E-state index contributed by atoms with van der Waals surface area (Å²) < 4.78 is 33.3. The summed E-state index contributed by atoms with van der Waals surface area (Å²) in [7, 11) is 1.50. The summed E-state index contributed by atoms with van der Waals surface area (Å²) in [6, 6.07) is 2.86. The zero-order valence-electron chi connectivity index (χ0n) is 12.4. The first kappa shape index (κ1) is 16.0. The van der Waals surface area contributed by atoms with Crippen LogP contribution in [0.15, 0.2) is 29.0 Å². The fourth-order valence-corrected chi connectivity index (χ4v) is 3.17. The van der Waals surface area contributed by atoms with Crippen LogP contribution in [0.25, 0.3) is 0 Å². The molecule has 2 aromatic rings. The van der Waals surface area contributed by atoms with Crippen molar-refractivity contribution in [3.05, 3.63) is 40.5 Å². The second-order valence-electron chi connectivity index (χ2n) is 5.52. The Hall–Kier alpha value is -1.83. The van der Waals surface area contributed by atoms with Crippen molar-refractivity contribution in [2.75, 3.05) is 19.0 Å². The molecule has 2 heterocycles. The topological polar surface area (TPSA) is 59.9 Å². The summed E-state index contributed by atoms with van der Waals surface area (Å²) in [5.41, 5.74) is -0.403. The van der Waals surface area contributed by atoms with E-state index < -0.39 is 17.4 Å². The smallest absolute Gasteiger partial charge is 0.232 e. The van der Waals surface area contributed by atoms with Crippen molar-refractivity contribution < 1.29 is 13.5 Å². The van der Waals surface area contributed by atoms with E-state index in [-0.39, 0.29) is 18.5 Å². The number of nitrogens with one attached hydrogen (secondary N) is 1. The third kappa shape index (κ3) is 3.12. The number of hydrogen-bond donors (Lipinski definition) is 1. The number of pyridine rings is 1. The van der Waals surface area contributed by atoms with Crippen molar-refractivity contribution in [2.24, 2.45) is 0 Å². The molecule has 5 nitrogen and oxygen atoms in total. The lowest BCUT2D eigenvalue weighted by atomic mass is 9.65. The second-order valence-corrected chi connectivity index (χ2v) is 6.38. The standard InChI is InChI=1S/C15H15BrF2N4O/c1-23-13-10(16)7-20-14(22-13)21-8-15(5-9(17)6-15)12-11(18)3-2-4-19-12/h2-4,7,9H,5-6,8H2,1H3,(H,20,21,22)/t9-,15-. The van der Waals surface area contributed by atoms with E-state index in [2.05, 4.69) is 36.2 Å². The SMILES string of the molecule is COc1nc(NC[C@]2(c3ncccc3F)C[C@H](F)C2)ncc1Br. The largest absolute Gasteiger partial charge is 0.480 e. The van der Waals surface area contributed by atoms with Crippen LogP contribution in [0.2, 0.25) is 0 Å². The highest BCUT2D eigenvalue weighted by atomic mass is 79.9. The maximum absolute atomic E-state index is 14.1. The Morgan fingerprint density at radius 3 is 2.87 bits per heavy atom. The zero-order valence-corrected chi connectivity index (χ0v) is 14.0. The molecule has 0 radical (unpaired) electrons. The van der Waals surface area contributed by atoms with Crippen LogP contribution in [0.3, 0.4) is 0 Å². The van der Waals surface area contributed by atoms with Crippen LogP contribution in [0.4, 0.5) is 14.7 Å². The van der Waals surface area contributed by atoms with Gasteiger partial charge in [-0.3, -0.25) is 4.98 Å². The highest BCUT2D eigenvalue weighted by Crippen LogP contribution is 2.45. The number of rotatable bonds is 5. The molecule has 122 valence electrons. The van der Waals surface area contributed by atoms with E-state index in [4.69, 9.17) is 4.74 Å². The Morgan fingerprint density at radius 2 is 2.22 bits per heavy atom. The Bertz CT molecular complexity index is 710. The monoisotopic (exact) mass is 384 g/mol. The van der Waals surface area contributed by atoms with Gasteiger partial charge in [-0.15, -0.1) is 0 Å². The van der Waals surface area contributed by atoms with Crippen molar-refractivity contribution in [1.29, 1.82) is 0 Å². The minimum absolute atomic E-state index is 0.224. The van der Waals surface area contributed by atoms with Gasteiger partial charge in [0.2, 0.25) is 11.8 Å². The molecule has 8 heteroatoms. The van der Waals surface area contributed by atoms with Gasteiger partial charge in [0.15, 0.2) is 0 Å². The van der Waals surface area contributed by atoms with Crippen LogP contribution < -0.4 is 10.1 Å². The van der Waals surface area contributed by atoms with Gasteiger partial charge in [-0.25, -0.2) is 13.8 Å². The van der Waals surface area contributed by atoms with Crippen LogP contribution in [-0.4, -0.2) is 34.8 Å². The molecular weight excluding hydrogens is 370 g/mol. The van der Waals surface area contributed by atoms with Crippen molar-refractivity contribution in [2.45, 2.75) is 24.4 Å². The quantitative estimate of drug-likeness (QED) is 0.856. The molecule has 0 aliphatic heterocycles. The maximum atomic E-state index is 14.1. The summed E-state index contributed by atoms with van der Waals surface area (Å²) >= 11 is 3.27. The van der Waals surface area contributed by atoms with Crippen LogP contribution in [-0.2, 0) is 5.41 Å². The molecule has 3 rings (SSSR count). The van der Waals surface area contributed by atoms with Crippen LogP contribution in [0, 0.1) is 5.82 Å². The normalized spacial score (nSPS) is 23.2. The summed E-state index contributed by atoms with van der Waals surface area (Å²) in [6.45, 7) is 0.298. The third-order valence-electron chi connectivity index (χ3n) is 3.98. The molecule has 2 aromatic heterocycles. The first-order chi connectivity index (χ1) is 11.0. The Balaban J connectivity index is 1.80.